The summed E-state index contributed by atoms with van der Waals surface area (Å²) in [6.45, 7) is 29.3. The maximum absolute atomic E-state index is 6.32. The van der Waals surface area contributed by atoms with Crippen LogP contribution in [0.15, 0.2) is 0 Å². The van der Waals surface area contributed by atoms with E-state index in [1.54, 1.807) is 0 Å². The minimum absolute atomic E-state index is 0.411. The van der Waals surface area contributed by atoms with Gasteiger partial charge in [0.2, 0.25) is 0 Å². The lowest BCUT2D eigenvalue weighted by Gasteiger charge is -2.37. The molecule has 0 aromatic carbocycles. The third-order valence-corrected chi connectivity index (χ3v) is 9.62. The molecule has 1 atom stereocenters. The van der Waals surface area contributed by atoms with Gasteiger partial charge in [0.25, 0.3) is 0 Å². The van der Waals surface area contributed by atoms with Crippen molar-refractivity contribution >= 4 is 9.76 Å². The molecule has 0 spiro atoms. The van der Waals surface area contributed by atoms with Crippen LogP contribution in [-0.2, 0) is 4.43 Å². The maximum Gasteiger partial charge on any atom is 0.161 e. The molecule has 1 unspecified atom stereocenters. The zero-order valence-corrected chi connectivity index (χ0v) is 26.4. The van der Waals surface area contributed by atoms with E-state index in [1.807, 2.05) is 0 Å². The average Bonchev–Trinajstić information content (AvgIpc) is 2.85. The summed E-state index contributed by atoms with van der Waals surface area (Å²) in [5, 5.41) is 0. The summed E-state index contributed by atoms with van der Waals surface area (Å²) in [5.74, 6) is 0. The molecule has 0 aromatic heterocycles. The third-order valence-electron chi connectivity index (χ3n) is 8.18. The Labute approximate surface area is 218 Å². The van der Waals surface area contributed by atoms with Crippen LogP contribution in [0.1, 0.15) is 113 Å². The second-order valence-corrected chi connectivity index (χ2v) is 11.9. The van der Waals surface area contributed by atoms with E-state index in [4.69, 9.17) is 4.43 Å². The summed E-state index contributed by atoms with van der Waals surface area (Å²) in [7, 11) is -0.411. The van der Waals surface area contributed by atoms with Crippen LogP contribution in [-0.4, -0.2) is 89.5 Å². The molecule has 206 valence electrons. The minimum atomic E-state index is -0.411. The predicted octanol–water partition coefficient (Wildman–Crippen LogP) is 6.44. The fourth-order valence-electron chi connectivity index (χ4n) is 5.62. The van der Waals surface area contributed by atoms with Crippen molar-refractivity contribution in [1.82, 2.24) is 14.7 Å². The molecule has 5 heteroatoms. The smallest absolute Gasteiger partial charge is 0.161 e. The van der Waals surface area contributed by atoms with Crippen LogP contribution in [0.5, 0.6) is 0 Å². The lowest BCUT2D eigenvalue weighted by molar-refractivity contribution is 0.154. The SMILES string of the molecule is CCCC(C)O[SiH2]CCC(CCCN(CC)CC)(CCCN(CC)CC)CCCN(CC)CC. The first-order chi connectivity index (χ1) is 16.4. The molecule has 0 saturated heterocycles. The van der Waals surface area contributed by atoms with Crippen molar-refractivity contribution in [3.05, 3.63) is 0 Å². The molecule has 0 radical (unpaired) electrons. The normalized spacial score (nSPS) is 13.9. The second kappa shape index (κ2) is 22.3. The van der Waals surface area contributed by atoms with E-state index in [2.05, 4.69) is 70.1 Å². The molecule has 0 fully saturated rings. The zero-order chi connectivity index (χ0) is 25.7. The van der Waals surface area contributed by atoms with Crippen molar-refractivity contribution in [2.75, 3.05) is 58.9 Å². The minimum Gasteiger partial charge on any atom is -0.421 e. The monoisotopic (exact) mass is 499 g/mol. The Hall–Kier alpha value is 0.0569. The molecule has 0 rings (SSSR count). The Morgan fingerprint density at radius 2 is 1.00 bits per heavy atom. The highest BCUT2D eigenvalue weighted by Gasteiger charge is 2.29. The molecule has 0 aliphatic heterocycles. The van der Waals surface area contributed by atoms with Crippen LogP contribution in [0.4, 0.5) is 0 Å². The van der Waals surface area contributed by atoms with Gasteiger partial charge in [-0.3, -0.25) is 0 Å². The van der Waals surface area contributed by atoms with Gasteiger partial charge in [0.15, 0.2) is 9.76 Å². The van der Waals surface area contributed by atoms with E-state index in [0.29, 0.717) is 11.5 Å². The van der Waals surface area contributed by atoms with E-state index < -0.39 is 9.76 Å². The number of nitrogens with zero attached hydrogens (tertiary/aromatic N) is 3. The van der Waals surface area contributed by atoms with Crippen molar-refractivity contribution in [3.8, 4) is 0 Å². The lowest BCUT2D eigenvalue weighted by Crippen LogP contribution is -2.31. The molecule has 34 heavy (non-hydrogen) atoms. The maximum atomic E-state index is 6.32. The summed E-state index contributed by atoms with van der Waals surface area (Å²) in [6.07, 6.45) is 12.6. The molecule has 0 aliphatic rings. The molecular weight excluding hydrogens is 434 g/mol. The van der Waals surface area contributed by atoms with Crippen LogP contribution in [0.2, 0.25) is 6.04 Å². The third kappa shape index (κ3) is 15.9. The van der Waals surface area contributed by atoms with Gasteiger partial charge in [0.05, 0.1) is 0 Å². The van der Waals surface area contributed by atoms with Gasteiger partial charge in [0, 0.05) is 6.10 Å². The molecule has 0 saturated carbocycles. The number of hydrogen-bond donors (Lipinski definition) is 0. The first-order valence-corrected chi connectivity index (χ1v) is 16.8. The quantitative estimate of drug-likeness (QED) is 0.106. The predicted molar refractivity (Wildman–Crippen MR) is 157 cm³/mol. The van der Waals surface area contributed by atoms with E-state index >= 15 is 0 Å². The number of hydrogen-bond acceptors (Lipinski definition) is 4. The summed E-state index contributed by atoms with van der Waals surface area (Å²) >= 11 is 0. The topological polar surface area (TPSA) is 19.0 Å². The Morgan fingerprint density at radius 1 is 0.618 bits per heavy atom. The highest BCUT2D eigenvalue weighted by molar-refractivity contribution is 6.27. The average molecular weight is 500 g/mol. The lowest BCUT2D eigenvalue weighted by atomic mass is 9.73. The Bertz CT molecular complexity index is 380. The largest absolute Gasteiger partial charge is 0.421 e. The van der Waals surface area contributed by atoms with Gasteiger partial charge in [-0.15, -0.1) is 0 Å². The van der Waals surface area contributed by atoms with Crippen molar-refractivity contribution in [2.24, 2.45) is 5.41 Å². The van der Waals surface area contributed by atoms with Crippen LogP contribution in [0.3, 0.4) is 0 Å². The fourth-order valence-corrected chi connectivity index (χ4v) is 7.25. The van der Waals surface area contributed by atoms with Gasteiger partial charge in [-0.25, -0.2) is 0 Å². The van der Waals surface area contributed by atoms with Crippen LogP contribution in [0, 0.1) is 5.41 Å². The van der Waals surface area contributed by atoms with Gasteiger partial charge in [-0.1, -0.05) is 54.9 Å². The highest BCUT2D eigenvalue weighted by Crippen LogP contribution is 2.40. The molecular formula is C29H65N3OSi. The van der Waals surface area contributed by atoms with E-state index in [0.717, 1.165) is 0 Å². The Balaban J connectivity index is 5.26. The second-order valence-electron chi connectivity index (χ2n) is 10.5. The van der Waals surface area contributed by atoms with Crippen molar-refractivity contribution in [2.45, 2.75) is 125 Å². The van der Waals surface area contributed by atoms with Crippen molar-refractivity contribution in [1.29, 1.82) is 0 Å². The summed E-state index contributed by atoms with van der Waals surface area (Å²) in [5.41, 5.74) is 0.512. The standard InChI is InChI=1S/C29H65N3OSi/c1-9-19-28(8)33-34-27-23-29(20-16-24-30(10-2)11-3,21-17-25-31(12-4)13-5)22-18-26-32(14-6)15-7/h28H,9-27,34H2,1-8H3. The highest BCUT2D eigenvalue weighted by atomic mass is 28.2. The summed E-state index contributed by atoms with van der Waals surface area (Å²) < 4.78 is 6.32. The van der Waals surface area contributed by atoms with E-state index in [-0.39, 0.29) is 0 Å². The molecule has 4 nitrogen and oxygen atoms in total. The van der Waals surface area contributed by atoms with Crippen LogP contribution in [0.25, 0.3) is 0 Å². The molecule has 0 bridgehead atoms. The molecule has 0 heterocycles. The summed E-state index contributed by atoms with van der Waals surface area (Å²) in [6, 6.07) is 1.36. The van der Waals surface area contributed by atoms with Crippen LogP contribution < -0.4 is 0 Å². The molecule has 0 aliphatic carbocycles. The van der Waals surface area contributed by atoms with Gasteiger partial charge in [-0.05, 0) is 129 Å². The molecule has 0 amide bonds. The molecule has 0 aromatic rings. The van der Waals surface area contributed by atoms with Crippen molar-refractivity contribution < 1.29 is 4.43 Å². The van der Waals surface area contributed by atoms with Gasteiger partial charge in [0.1, 0.15) is 0 Å². The first-order valence-electron chi connectivity index (χ1n) is 15.2. The Morgan fingerprint density at radius 3 is 1.32 bits per heavy atom. The zero-order valence-electron chi connectivity index (χ0n) is 25.0. The molecule has 0 N–H and O–H groups in total. The Kier molecular flexibility index (Phi) is 22.3. The van der Waals surface area contributed by atoms with Crippen molar-refractivity contribution in [3.63, 3.8) is 0 Å². The van der Waals surface area contributed by atoms with E-state index in [1.165, 1.54) is 123 Å². The van der Waals surface area contributed by atoms with Crippen LogP contribution >= 0.6 is 0 Å². The van der Waals surface area contributed by atoms with Gasteiger partial charge in [-0.2, -0.15) is 0 Å². The summed E-state index contributed by atoms with van der Waals surface area (Å²) in [4.78, 5) is 7.84. The first kappa shape index (κ1) is 34.1. The van der Waals surface area contributed by atoms with E-state index in [9.17, 15) is 0 Å². The van der Waals surface area contributed by atoms with Gasteiger partial charge >= 0.3 is 0 Å². The number of rotatable bonds is 25. The van der Waals surface area contributed by atoms with Gasteiger partial charge < -0.3 is 19.1 Å². The fraction of sp³-hybridized carbons (Fsp3) is 1.00.